The summed E-state index contributed by atoms with van der Waals surface area (Å²) in [7, 11) is 0. The van der Waals surface area contributed by atoms with Crippen LogP contribution in [0.1, 0.15) is 21.5 Å². The van der Waals surface area contributed by atoms with Crippen molar-refractivity contribution in [3.63, 3.8) is 0 Å². The van der Waals surface area contributed by atoms with Gasteiger partial charge < -0.3 is 10.2 Å². The molecule has 0 atom stereocenters. The van der Waals surface area contributed by atoms with Crippen molar-refractivity contribution < 1.29 is 9.59 Å². The summed E-state index contributed by atoms with van der Waals surface area (Å²) in [5, 5.41) is 2.79. The fraction of sp³-hybridized carbons (Fsp3) is 0.364. The Balaban J connectivity index is 1.37. The van der Waals surface area contributed by atoms with E-state index in [4.69, 9.17) is 0 Å². The minimum absolute atomic E-state index is 0.0386. The molecule has 2 aliphatic heterocycles. The molecule has 2 aliphatic rings. The zero-order valence-electron chi connectivity index (χ0n) is 16.2. The van der Waals surface area contributed by atoms with Gasteiger partial charge in [-0.2, -0.15) is 0 Å². The van der Waals surface area contributed by atoms with E-state index in [0.29, 0.717) is 18.7 Å². The average molecular weight is 378 g/mol. The van der Waals surface area contributed by atoms with Gasteiger partial charge in [0.05, 0.1) is 0 Å². The van der Waals surface area contributed by atoms with Gasteiger partial charge in [0.2, 0.25) is 0 Å². The second kappa shape index (κ2) is 8.02. The largest absolute Gasteiger partial charge is 0.336 e. The van der Waals surface area contributed by atoms with E-state index < -0.39 is 0 Å². The molecule has 0 radical (unpaired) electrons. The number of hydrogen-bond acceptors (Lipinski definition) is 3. The zero-order chi connectivity index (χ0) is 19.5. The van der Waals surface area contributed by atoms with Crippen molar-refractivity contribution in [1.29, 1.82) is 0 Å². The van der Waals surface area contributed by atoms with Gasteiger partial charge in [0.25, 0.3) is 5.91 Å². The normalized spacial score (nSPS) is 17.7. The molecule has 0 bridgehead atoms. The SMILES string of the molecule is Cc1cccc(CN2CCN(C(=O)c3cccc(N4CCNC4=O)c3)CC2)c1. The van der Waals surface area contributed by atoms with Gasteiger partial charge in [-0.15, -0.1) is 0 Å². The molecule has 0 aromatic heterocycles. The quantitative estimate of drug-likeness (QED) is 0.889. The molecule has 4 rings (SSSR count). The summed E-state index contributed by atoms with van der Waals surface area (Å²) in [6, 6.07) is 15.9. The number of aryl methyl sites for hydroxylation is 1. The first-order valence-corrected chi connectivity index (χ1v) is 9.83. The number of rotatable bonds is 4. The summed E-state index contributed by atoms with van der Waals surface area (Å²) in [6.07, 6.45) is 0. The summed E-state index contributed by atoms with van der Waals surface area (Å²) in [5.41, 5.74) is 4.01. The second-order valence-electron chi connectivity index (χ2n) is 7.49. The van der Waals surface area contributed by atoms with Crippen molar-refractivity contribution in [1.82, 2.24) is 15.1 Å². The Hall–Kier alpha value is -2.86. The van der Waals surface area contributed by atoms with Crippen molar-refractivity contribution in [2.45, 2.75) is 13.5 Å². The third-order valence-electron chi connectivity index (χ3n) is 5.41. The number of nitrogens with one attached hydrogen (secondary N) is 1. The third-order valence-corrected chi connectivity index (χ3v) is 5.41. The number of amides is 3. The number of carbonyl (C=O) groups is 2. The average Bonchev–Trinajstić information content (AvgIpc) is 3.14. The Morgan fingerprint density at radius 1 is 1.00 bits per heavy atom. The molecule has 0 spiro atoms. The van der Waals surface area contributed by atoms with Gasteiger partial charge in [0.15, 0.2) is 0 Å². The van der Waals surface area contributed by atoms with Gasteiger partial charge in [-0.3, -0.25) is 14.6 Å². The van der Waals surface area contributed by atoms with Crippen molar-refractivity contribution >= 4 is 17.6 Å². The Morgan fingerprint density at radius 3 is 2.50 bits per heavy atom. The maximum atomic E-state index is 12.9. The highest BCUT2D eigenvalue weighted by Gasteiger charge is 2.25. The van der Waals surface area contributed by atoms with E-state index in [0.717, 1.165) is 38.4 Å². The van der Waals surface area contributed by atoms with Crippen LogP contribution in [-0.4, -0.2) is 61.0 Å². The van der Waals surface area contributed by atoms with E-state index in [-0.39, 0.29) is 11.9 Å². The zero-order valence-corrected chi connectivity index (χ0v) is 16.2. The van der Waals surface area contributed by atoms with E-state index in [1.54, 1.807) is 4.90 Å². The highest BCUT2D eigenvalue weighted by Crippen LogP contribution is 2.20. The third kappa shape index (κ3) is 4.02. The maximum absolute atomic E-state index is 12.9. The molecule has 6 heteroatoms. The van der Waals surface area contributed by atoms with Crippen LogP contribution in [0.25, 0.3) is 0 Å². The standard InChI is InChI=1S/C22H26N4O2/c1-17-4-2-5-18(14-17)16-24-10-12-25(13-11-24)21(27)19-6-3-7-20(15-19)26-9-8-23-22(26)28/h2-7,14-15H,8-13,16H2,1H3,(H,23,28). The minimum atomic E-state index is -0.102. The molecule has 28 heavy (non-hydrogen) atoms. The highest BCUT2D eigenvalue weighted by atomic mass is 16.2. The van der Waals surface area contributed by atoms with Gasteiger partial charge in [-0.05, 0) is 30.7 Å². The number of anilines is 1. The van der Waals surface area contributed by atoms with Crippen LogP contribution < -0.4 is 10.2 Å². The Kier molecular flexibility index (Phi) is 5.30. The molecule has 2 fully saturated rings. The molecule has 0 aliphatic carbocycles. The number of benzene rings is 2. The van der Waals surface area contributed by atoms with Gasteiger partial charge in [0, 0.05) is 57.1 Å². The van der Waals surface area contributed by atoms with E-state index in [1.165, 1.54) is 11.1 Å². The first-order valence-electron chi connectivity index (χ1n) is 9.83. The molecule has 0 saturated carbocycles. The van der Waals surface area contributed by atoms with Crippen molar-refractivity contribution in [3.05, 3.63) is 65.2 Å². The lowest BCUT2D eigenvalue weighted by molar-refractivity contribution is 0.0628. The van der Waals surface area contributed by atoms with Crippen molar-refractivity contribution in [3.8, 4) is 0 Å². The monoisotopic (exact) mass is 378 g/mol. The lowest BCUT2D eigenvalue weighted by Gasteiger charge is -2.35. The molecule has 2 saturated heterocycles. The molecular formula is C22H26N4O2. The van der Waals surface area contributed by atoms with Crippen LogP contribution >= 0.6 is 0 Å². The van der Waals surface area contributed by atoms with Gasteiger partial charge >= 0.3 is 6.03 Å². The summed E-state index contributed by atoms with van der Waals surface area (Å²) in [5.74, 6) is 0.0386. The van der Waals surface area contributed by atoms with Crippen LogP contribution in [0.15, 0.2) is 48.5 Å². The number of urea groups is 1. The van der Waals surface area contributed by atoms with Crippen LogP contribution in [-0.2, 0) is 6.54 Å². The molecule has 6 nitrogen and oxygen atoms in total. The second-order valence-corrected chi connectivity index (χ2v) is 7.49. The first-order chi connectivity index (χ1) is 13.6. The van der Waals surface area contributed by atoms with E-state index >= 15 is 0 Å². The first kappa shape index (κ1) is 18.5. The molecule has 2 aromatic rings. The van der Waals surface area contributed by atoms with Crippen molar-refractivity contribution in [2.24, 2.45) is 0 Å². The topological polar surface area (TPSA) is 55.9 Å². The predicted octanol–water partition coefficient (Wildman–Crippen LogP) is 2.48. The lowest BCUT2D eigenvalue weighted by atomic mass is 10.1. The Bertz CT molecular complexity index is 874. The number of carbonyl (C=O) groups excluding carboxylic acids is 2. The van der Waals surface area contributed by atoms with E-state index in [9.17, 15) is 9.59 Å². The summed E-state index contributed by atoms with van der Waals surface area (Å²) >= 11 is 0. The van der Waals surface area contributed by atoms with Gasteiger partial charge in [0.1, 0.15) is 0 Å². The molecule has 146 valence electrons. The van der Waals surface area contributed by atoms with Crippen LogP contribution in [0.2, 0.25) is 0 Å². The fourth-order valence-electron chi connectivity index (χ4n) is 3.89. The van der Waals surface area contributed by atoms with Gasteiger partial charge in [-0.1, -0.05) is 35.9 Å². The van der Waals surface area contributed by atoms with Crippen LogP contribution in [0.4, 0.5) is 10.5 Å². The van der Waals surface area contributed by atoms with Gasteiger partial charge in [-0.25, -0.2) is 4.79 Å². The van der Waals surface area contributed by atoms with E-state index in [1.807, 2.05) is 29.2 Å². The number of piperazine rings is 1. The number of hydrogen-bond donors (Lipinski definition) is 1. The molecule has 2 heterocycles. The van der Waals surface area contributed by atoms with E-state index in [2.05, 4.69) is 41.4 Å². The fourth-order valence-corrected chi connectivity index (χ4v) is 3.89. The number of nitrogens with zero attached hydrogens (tertiary/aromatic N) is 3. The maximum Gasteiger partial charge on any atom is 0.321 e. The van der Waals surface area contributed by atoms with Crippen molar-refractivity contribution in [2.75, 3.05) is 44.2 Å². The molecular weight excluding hydrogens is 352 g/mol. The summed E-state index contributed by atoms with van der Waals surface area (Å²) in [6.45, 7) is 7.48. The summed E-state index contributed by atoms with van der Waals surface area (Å²) in [4.78, 5) is 30.8. The molecule has 2 aromatic carbocycles. The molecule has 3 amide bonds. The highest BCUT2D eigenvalue weighted by molar-refractivity contribution is 5.98. The minimum Gasteiger partial charge on any atom is -0.336 e. The Morgan fingerprint density at radius 2 is 1.79 bits per heavy atom. The lowest BCUT2D eigenvalue weighted by Crippen LogP contribution is -2.48. The van der Waals surface area contributed by atoms with Crippen LogP contribution in [0.3, 0.4) is 0 Å². The smallest absolute Gasteiger partial charge is 0.321 e. The molecule has 0 unspecified atom stereocenters. The van der Waals surface area contributed by atoms with Crippen LogP contribution in [0.5, 0.6) is 0 Å². The Labute approximate surface area is 165 Å². The van der Waals surface area contributed by atoms with Crippen LogP contribution in [0, 0.1) is 6.92 Å². The predicted molar refractivity (Wildman–Crippen MR) is 110 cm³/mol. The summed E-state index contributed by atoms with van der Waals surface area (Å²) < 4.78 is 0. The molecule has 1 N–H and O–H groups in total.